The van der Waals surface area contributed by atoms with Crippen LogP contribution in [0.3, 0.4) is 0 Å². The zero-order valence-electron chi connectivity index (χ0n) is 12.5. The van der Waals surface area contributed by atoms with Gasteiger partial charge in [-0.05, 0) is 37.6 Å². The molecule has 0 saturated carbocycles. The van der Waals surface area contributed by atoms with Crippen LogP contribution in [0.2, 0.25) is 10.0 Å². The predicted octanol–water partition coefficient (Wildman–Crippen LogP) is 4.75. The highest BCUT2D eigenvalue weighted by Gasteiger charge is 2.12. The Labute approximate surface area is 144 Å². The van der Waals surface area contributed by atoms with Gasteiger partial charge >= 0.3 is 0 Å². The van der Waals surface area contributed by atoms with Gasteiger partial charge in [0.2, 0.25) is 0 Å². The molecule has 4 nitrogen and oxygen atoms in total. The number of phenols is 2. The molecular weight excluding hydrogens is 339 g/mol. The Morgan fingerprint density at radius 2 is 1.83 bits per heavy atom. The molecule has 0 aliphatic carbocycles. The smallest absolute Gasteiger partial charge is 0.163 e. The molecule has 6 heteroatoms. The summed E-state index contributed by atoms with van der Waals surface area (Å²) in [6, 6.07) is 7.83. The molecule has 0 aliphatic rings. The minimum absolute atomic E-state index is 0.0486. The summed E-state index contributed by atoms with van der Waals surface area (Å²) < 4.78 is 5.57. The van der Waals surface area contributed by atoms with Crippen molar-refractivity contribution in [3.63, 3.8) is 0 Å². The molecule has 0 amide bonds. The van der Waals surface area contributed by atoms with Gasteiger partial charge in [0, 0.05) is 17.5 Å². The summed E-state index contributed by atoms with van der Waals surface area (Å²) in [6.07, 6.45) is 0.763. The first kappa shape index (κ1) is 17.4. The van der Waals surface area contributed by atoms with Crippen LogP contribution in [0.25, 0.3) is 0 Å². The third kappa shape index (κ3) is 4.30. The van der Waals surface area contributed by atoms with E-state index >= 15 is 0 Å². The molecule has 0 atom stereocenters. The van der Waals surface area contributed by atoms with E-state index in [1.807, 2.05) is 0 Å². The van der Waals surface area contributed by atoms with Gasteiger partial charge in [0.15, 0.2) is 11.5 Å². The number of carbonyl (C=O) groups excluding carboxylic acids is 1. The maximum Gasteiger partial charge on any atom is 0.163 e. The molecule has 0 bridgehead atoms. The van der Waals surface area contributed by atoms with Crippen LogP contribution in [0.5, 0.6) is 17.2 Å². The Morgan fingerprint density at radius 3 is 2.48 bits per heavy atom. The van der Waals surface area contributed by atoms with Crippen LogP contribution in [0.1, 0.15) is 28.8 Å². The van der Waals surface area contributed by atoms with Crippen molar-refractivity contribution >= 4 is 29.0 Å². The number of Topliss-reactive ketones (excluding diaryl/α,β-unsaturated/α-hetero) is 1. The van der Waals surface area contributed by atoms with Crippen molar-refractivity contribution in [2.24, 2.45) is 0 Å². The average Bonchev–Trinajstić information content (AvgIpc) is 2.52. The lowest BCUT2D eigenvalue weighted by molar-refractivity contribution is 0.0973. The van der Waals surface area contributed by atoms with Crippen LogP contribution in [0, 0.1) is 6.92 Å². The molecule has 2 N–H and O–H groups in total. The minimum atomic E-state index is -0.229. The Kier molecular flexibility index (Phi) is 5.74. The van der Waals surface area contributed by atoms with Gasteiger partial charge in [-0.3, -0.25) is 4.79 Å². The second kappa shape index (κ2) is 7.57. The summed E-state index contributed by atoms with van der Waals surface area (Å²) in [6.45, 7) is 2.10. The van der Waals surface area contributed by atoms with Gasteiger partial charge in [0.1, 0.15) is 11.5 Å². The summed E-state index contributed by atoms with van der Waals surface area (Å²) in [4.78, 5) is 12.1. The standard InChI is InChI=1S/C17H16Cl2O4/c1-10-14(20)4-2-6-16(10)23-7-3-5-15(21)11-8-12(18)17(22)13(19)9-11/h2,4,6,8-9,20,22H,3,5,7H2,1H3. The van der Waals surface area contributed by atoms with E-state index in [4.69, 9.17) is 27.9 Å². The van der Waals surface area contributed by atoms with E-state index in [0.717, 1.165) is 0 Å². The van der Waals surface area contributed by atoms with Crippen LogP contribution in [0.4, 0.5) is 0 Å². The van der Waals surface area contributed by atoms with Crippen molar-refractivity contribution in [1.29, 1.82) is 0 Å². The van der Waals surface area contributed by atoms with E-state index in [9.17, 15) is 15.0 Å². The lowest BCUT2D eigenvalue weighted by atomic mass is 10.1. The van der Waals surface area contributed by atoms with E-state index in [-0.39, 0.29) is 33.7 Å². The second-order valence-electron chi connectivity index (χ2n) is 5.06. The van der Waals surface area contributed by atoms with Gasteiger partial charge in [-0.1, -0.05) is 29.3 Å². The first-order valence-electron chi connectivity index (χ1n) is 7.02. The van der Waals surface area contributed by atoms with Crippen LogP contribution in [0.15, 0.2) is 30.3 Å². The molecule has 2 rings (SSSR count). The molecule has 122 valence electrons. The number of aromatic hydroxyl groups is 2. The minimum Gasteiger partial charge on any atom is -0.508 e. The van der Waals surface area contributed by atoms with Crippen molar-refractivity contribution in [2.45, 2.75) is 19.8 Å². The Bertz CT molecular complexity index is 706. The fourth-order valence-corrected chi connectivity index (χ4v) is 2.53. The van der Waals surface area contributed by atoms with E-state index < -0.39 is 0 Å². The number of benzene rings is 2. The highest BCUT2D eigenvalue weighted by Crippen LogP contribution is 2.33. The molecule has 0 unspecified atom stereocenters. The van der Waals surface area contributed by atoms with Gasteiger partial charge in [0.25, 0.3) is 0 Å². The van der Waals surface area contributed by atoms with Crippen LogP contribution >= 0.6 is 23.2 Å². The Hall–Kier alpha value is -1.91. The second-order valence-corrected chi connectivity index (χ2v) is 5.88. The first-order valence-corrected chi connectivity index (χ1v) is 7.78. The molecule has 2 aromatic carbocycles. The summed E-state index contributed by atoms with van der Waals surface area (Å²) >= 11 is 11.6. The third-order valence-corrected chi connectivity index (χ3v) is 3.98. The van der Waals surface area contributed by atoms with Gasteiger partial charge in [-0.25, -0.2) is 0 Å². The largest absolute Gasteiger partial charge is 0.508 e. The van der Waals surface area contributed by atoms with Crippen LogP contribution in [-0.2, 0) is 0 Å². The SMILES string of the molecule is Cc1c(O)cccc1OCCCC(=O)c1cc(Cl)c(O)c(Cl)c1. The number of hydrogen-bond donors (Lipinski definition) is 2. The topological polar surface area (TPSA) is 66.8 Å². The number of rotatable bonds is 6. The lowest BCUT2D eigenvalue weighted by Crippen LogP contribution is -2.04. The van der Waals surface area contributed by atoms with Crippen LogP contribution < -0.4 is 4.74 Å². The van der Waals surface area contributed by atoms with Crippen molar-refractivity contribution in [3.05, 3.63) is 51.5 Å². The van der Waals surface area contributed by atoms with E-state index in [1.54, 1.807) is 25.1 Å². The molecule has 0 spiro atoms. The lowest BCUT2D eigenvalue weighted by Gasteiger charge is -2.10. The normalized spacial score (nSPS) is 10.6. The molecule has 2 aromatic rings. The quantitative estimate of drug-likeness (QED) is 0.579. The monoisotopic (exact) mass is 354 g/mol. The molecule has 0 heterocycles. The van der Waals surface area contributed by atoms with Crippen molar-refractivity contribution < 1.29 is 19.7 Å². The highest BCUT2D eigenvalue weighted by atomic mass is 35.5. The maximum atomic E-state index is 12.1. The maximum absolute atomic E-state index is 12.1. The number of phenolic OH excluding ortho intramolecular Hbond substituents is 2. The summed E-state index contributed by atoms with van der Waals surface area (Å²) in [5.41, 5.74) is 1.02. The van der Waals surface area contributed by atoms with Gasteiger partial charge in [-0.15, -0.1) is 0 Å². The third-order valence-electron chi connectivity index (χ3n) is 3.40. The van der Waals surface area contributed by atoms with E-state index in [1.165, 1.54) is 12.1 Å². The predicted molar refractivity (Wildman–Crippen MR) is 90.0 cm³/mol. The molecule has 0 aromatic heterocycles. The Morgan fingerprint density at radius 1 is 1.17 bits per heavy atom. The number of ether oxygens (including phenoxy) is 1. The zero-order valence-corrected chi connectivity index (χ0v) is 14.0. The van der Waals surface area contributed by atoms with Crippen LogP contribution in [-0.4, -0.2) is 22.6 Å². The Balaban J connectivity index is 1.89. The summed E-state index contributed by atoms with van der Waals surface area (Å²) in [5.74, 6) is 0.401. The average molecular weight is 355 g/mol. The molecule has 23 heavy (non-hydrogen) atoms. The highest BCUT2D eigenvalue weighted by molar-refractivity contribution is 6.37. The van der Waals surface area contributed by atoms with Crippen molar-refractivity contribution in [2.75, 3.05) is 6.61 Å². The summed E-state index contributed by atoms with van der Waals surface area (Å²) in [7, 11) is 0. The number of halogens is 2. The number of ketones is 1. The van der Waals surface area contributed by atoms with Gasteiger partial charge in [-0.2, -0.15) is 0 Å². The number of carbonyl (C=O) groups is 1. The molecular formula is C17H16Cl2O4. The fraction of sp³-hybridized carbons (Fsp3) is 0.235. The van der Waals surface area contributed by atoms with Gasteiger partial charge in [0.05, 0.1) is 16.7 Å². The first-order chi connectivity index (χ1) is 10.9. The van der Waals surface area contributed by atoms with E-state index in [0.29, 0.717) is 29.9 Å². The summed E-state index contributed by atoms with van der Waals surface area (Å²) in [5, 5.41) is 19.2. The van der Waals surface area contributed by atoms with Crippen molar-refractivity contribution in [1.82, 2.24) is 0 Å². The molecule has 0 fully saturated rings. The van der Waals surface area contributed by atoms with Gasteiger partial charge < -0.3 is 14.9 Å². The van der Waals surface area contributed by atoms with Crippen molar-refractivity contribution in [3.8, 4) is 17.2 Å². The molecule has 0 aliphatic heterocycles. The molecule has 0 radical (unpaired) electrons. The number of hydrogen-bond acceptors (Lipinski definition) is 4. The molecule has 0 saturated heterocycles. The zero-order chi connectivity index (χ0) is 17.0. The fourth-order valence-electron chi connectivity index (χ4n) is 2.04. The van der Waals surface area contributed by atoms with E-state index in [2.05, 4.69) is 0 Å².